The molecule has 1 aromatic carbocycles. The van der Waals surface area contributed by atoms with Gasteiger partial charge in [-0.3, -0.25) is 0 Å². The van der Waals surface area contributed by atoms with Crippen LogP contribution in [0.3, 0.4) is 0 Å². The highest BCUT2D eigenvalue weighted by molar-refractivity contribution is 5.57. The van der Waals surface area contributed by atoms with Gasteiger partial charge in [-0.1, -0.05) is 18.2 Å². The van der Waals surface area contributed by atoms with E-state index in [1.807, 2.05) is 31.2 Å². The van der Waals surface area contributed by atoms with Gasteiger partial charge in [-0.05, 0) is 25.1 Å². The minimum atomic E-state index is 0.858. The zero-order valence-electron chi connectivity index (χ0n) is 7.42. The Morgan fingerprint density at radius 1 is 1.50 bits per heavy atom. The van der Waals surface area contributed by atoms with Gasteiger partial charge in [0.05, 0.1) is 7.11 Å². The molecule has 0 heterocycles. The largest absolute Gasteiger partial charge is 0.496 e. The lowest BCUT2D eigenvalue weighted by atomic mass is 10.1. The summed E-state index contributed by atoms with van der Waals surface area (Å²) in [6.07, 6.45) is 1.81. The first-order valence-electron chi connectivity index (χ1n) is 3.78. The number of ether oxygens (including phenoxy) is 1. The first-order valence-corrected chi connectivity index (χ1v) is 3.78. The fourth-order valence-electron chi connectivity index (χ4n) is 1.08. The number of hydrogen-bond donors (Lipinski definition) is 0. The van der Waals surface area contributed by atoms with Crippen LogP contribution in [-0.4, -0.2) is 7.11 Å². The molecule has 0 radical (unpaired) electrons. The Morgan fingerprint density at radius 3 is 2.83 bits per heavy atom. The van der Waals surface area contributed by atoms with E-state index in [1.165, 1.54) is 5.56 Å². The van der Waals surface area contributed by atoms with Gasteiger partial charge in [0.25, 0.3) is 0 Å². The van der Waals surface area contributed by atoms with Gasteiger partial charge in [0.1, 0.15) is 5.75 Å². The molecule has 0 aliphatic heterocycles. The van der Waals surface area contributed by atoms with Crippen LogP contribution in [0.2, 0.25) is 0 Å². The predicted molar refractivity (Wildman–Crippen MR) is 51.3 cm³/mol. The second-order valence-electron chi connectivity index (χ2n) is 2.59. The van der Waals surface area contributed by atoms with Crippen molar-refractivity contribution in [2.24, 2.45) is 0 Å². The first-order chi connectivity index (χ1) is 5.77. The summed E-state index contributed by atoms with van der Waals surface area (Å²) in [5, 5.41) is 0. The molecule has 12 heavy (non-hydrogen) atoms. The van der Waals surface area contributed by atoms with Crippen molar-refractivity contribution in [3.8, 4) is 5.75 Å². The zero-order valence-corrected chi connectivity index (χ0v) is 7.42. The molecule has 0 saturated heterocycles. The molecule has 0 atom stereocenters. The van der Waals surface area contributed by atoms with Gasteiger partial charge in [-0.25, -0.2) is 0 Å². The number of hydrogen-bond acceptors (Lipinski definition) is 1. The molecule has 0 N–H and O–H groups in total. The second kappa shape index (κ2) is 3.80. The van der Waals surface area contributed by atoms with Gasteiger partial charge < -0.3 is 4.74 Å². The lowest BCUT2D eigenvalue weighted by Gasteiger charge is -2.04. The van der Waals surface area contributed by atoms with Gasteiger partial charge in [0.2, 0.25) is 0 Å². The number of methoxy groups -OCH3 is 1. The molecular formula is C11H12O. The van der Waals surface area contributed by atoms with Crippen LogP contribution in [0, 0.1) is 6.92 Å². The van der Waals surface area contributed by atoms with Crippen LogP contribution in [0.5, 0.6) is 5.75 Å². The third-order valence-electron chi connectivity index (χ3n) is 1.64. The van der Waals surface area contributed by atoms with E-state index in [0.29, 0.717) is 0 Å². The second-order valence-corrected chi connectivity index (χ2v) is 2.59. The third kappa shape index (κ3) is 1.77. The van der Waals surface area contributed by atoms with E-state index in [1.54, 1.807) is 7.11 Å². The van der Waals surface area contributed by atoms with Crippen LogP contribution in [0.25, 0.3) is 6.08 Å². The first kappa shape index (κ1) is 8.63. The molecule has 0 bridgehead atoms. The summed E-state index contributed by atoms with van der Waals surface area (Å²) >= 11 is 0. The number of aryl methyl sites for hydroxylation is 1. The highest BCUT2D eigenvalue weighted by Crippen LogP contribution is 2.20. The molecule has 0 saturated carbocycles. The molecule has 0 aliphatic carbocycles. The lowest BCUT2D eigenvalue weighted by Crippen LogP contribution is -1.86. The van der Waals surface area contributed by atoms with Crippen LogP contribution < -0.4 is 4.74 Å². The zero-order chi connectivity index (χ0) is 8.97. The van der Waals surface area contributed by atoms with E-state index in [-0.39, 0.29) is 0 Å². The van der Waals surface area contributed by atoms with Gasteiger partial charge in [0.15, 0.2) is 0 Å². The van der Waals surface area contributed by atoms with Crippen molar-refractivity contribution in [3.63, 3.8) is 0 Å². The van der Waals surface area contributed by atoms with Crippen LogP contribution in [0.1, 0.15) is 11.1 Å². The lowest BCUT2D eigenvalue weighted by molar-refractivity contribution is 0.414. The molecule has 0 aromatic heterocycles. The normalized spacial score (nSPS) is 8.83. The standard InChI is InChI=1S/C11H12O/c1-4-5-10-8-9(2)6-7-11(10)12-3/h5-8H,1H2,2-3H3. The minimum absolute atomic E-state index is 0.858. The van der Waals surface area contributed by atoms with Crippen molar-refractivity contribution >= 4 is 6.08 Å². The van der Waals surface area contributed by atoms with Crippen LogP contribution in [-0.2, 0) is 0 Å². The Hall–Kier alpha value is -1.46. The molecule has 0 amide bonds. The summed E-state index contributed by atoms with van der Waals surface area (Å²) < 4.78 is 5.15. The SMILES string of the molecule is C=C=Cc1cc(C)ccc1OC. The average Bonchev–Trinajstić information content (AvgIpc) is 2.05. The van der Waals surface area contributed by atoms with Crippen molar-refractivity contribution in [1.82, 2.24) is 0 Å². The summed E-state index contributed by atoms with van der Waals surface area (Å²) in [6, 6.07) is 5.99. The van der Waals surface area contributed by atoms with E-state index in [0.717, 1.165) is 11.3 Å². The van der Waals surface area contributed by atoms with Crippen LogP contribution in [0.4, 0.5) is 0 Å². The highest BCUT2D eigenvalue weighted by atomic mass is 16.5. The maximum Gasteiger partial charge on any atom is 0.126 e. The third-order valence-corrected chi connectivity index (χ3v) is 1.64. The van der Waals surface area contributed by atoms with Crippen molar-refractivity contribution in [2.45, 2.75) is 6.92 Å². The van der Waals surface area contributed by atoms with E-state index in [2.05, 4.69) is 12.3 Å². The van der Waals surface area contributed by atoms with Crippen molar-refractivity contribution in [1.29, 1.82) is 0 Å². The maximum absolute atomic E-state index is 5.15. The molecule has 0 aliphatic rings. The van der Waals surface area contributed by atoms with Gasteiger partial charge in [-0.2, -0.15) is 0 Å². The monoisotopic (exact) mass is 160 g/mol. The van der Waals surface area contributed by atoms with Crippen LogP contribution in [0.15, 0.2) is 30.5 Å². The highest BCUT2D eigenvalue weighted by Gasteiger charge is 1.97. The topological polar surface area (TPSA) is 9.23 Å². The molecule has 0 unspecified atom stereocenters. The van der Waals surface area contributed by atoms with E-state index < -0.39 is 0 Å². The summed E-state index contributed by atoms with van der Waals surface area (Å²) in [6.45, 7) is 5.57. The number of benzene rings is 1. The summed E-state index contributed by atoms with van der Waals surface area (Å²) in [4.78, 5) is 0. The van der Waals surface area contributed by atoms with E-state index in [9.17, 15) is 0 Å². The quantitative estimate of drug-likeness (QED) is 0.604. The Balaban J connectivity index is 3.20. The molecular weight excluding hydrogens is 148 g/mol. The maximum atomic E-state index is 5.15. The Labute approximate surface area is 73.0 Å². The molecule has 1 heteroatoms. The number of rotatable bonds is 2. The molecule has 62 valence electrons. The van der Waals surface area contributed by atoms with E-state index in [4.69, 9.17) is 4.74 Å². The smallest absolute Gasteiger partial charge is 0.126 e. The van der Waals surface area contributed by atoms with Crippen molar-refractivity contribution in [2.75, 3.05) is 7.11 Å². The predicted octanol–water partition coefficient (Wildman–Crippen LogP) is 2.80. The van der Waals surface area contributed by atoms with Crippen LogP contribution >= 0.6 is 0 Å². The summed E-state index contributed by atoms with van der Waals surface area (Å²) in [5.74, 6) is 0.858. The van der Waals surface area contributed by atoms with Gasteiger partial charge in [0, 0.05) is 5.56 Å². The summed E-state index contributed by atoms with van der Waals surface area (Å²) in [5.41, 5.74) is 4.96. The van der Waals surface area contributed by atoms with E-state index >= 15 is 0 Å². The molecule has 1 rings (SSSR count). The Morgan fingerprint density at radius 2 is 2.25 bits per heavy atom. The van der Waals surface area contributed by atoms with Crippen molar-refractivity contribution < 1.29 is 4.74 Å². The fourth-order valence-corrected chi connectivity index (χ4v) is 1.08. The van der Waals surface area contributed by atoms with Gasteiger partial charge >= 0.3 is 0 Å². The average molecular weight is 160 g/mol. The van der Waals surface area contributed by atoms with Crippen molar-refractivity contribution in [3.05, 3.63) is 41.6 Å². The Bertz CT molecular complexity index is 320. The molecule has 1 nitrogen and oxygen atoms in total. The molecule has 0 fully saturated rings. The summed E-state index contributed by atoms with van der Waals surface area (Å²) in [7, 11) is 1.66. The fraction of sp³-hybridized carbons (Fsp3) is 0.182. The molecule has 1 aromatic rings. The molecule has 0 spiro atoms. The Kier molecular flexibility index (Phi) is 2.73. The van der Waals surface area contributed by atoms with Gasteiger partial charge in [-0.15, -0.1) is 5.73 Å². The minimum Gasteiger partial charge on any atom is -0.496 e.